The number of carbonyl (C=O) groups is 1. The summed E-state index contributed by atoms with van der Waals surface area (Å²) in [7, 11) is 0. The summed E-state index contributed by atoms with van der Waals surface area (Å²) in [5.41, 5.74) is 1.47. The number of benzene rings is 1. The van der Waals surface area contributed by atoms with Gasteiger partial charge in [-0.25, -0.2) is 0 Å². The molecule has 7 heteroatoms. The fraction of sp³-hybridized carbons (Fsp3) is 0.300. The minimum absolute atomic E-state index is 0.305. The Morgan fingerprint density at radius 3 is 2.47 bits per heavy atom. The molecule has 1 aromatic rings. The van der Waals surface area contributed by atoms with Gasteiger partial charge in [0, 0.05) is 11.4 Å². The van der Waals surface area contributed by atoms with Crippen molar-refractivity contribution in [3.8, 4) is 0 Å². The third-order valence-electron chi connectivity index (χ3n) is 1.80. The van der Waals surface area contributed by atoms with Crippen LogP contribution in [0.2, 0.25) is 0 Å². The van der Waals surface area contributed by atoms with E-state index in [1.54, 1.807) is 30.3 Å². The number of alkyl halides is 3. The normalized spacial score (nSPS) is 13.2. The first-order valence-electron chi connectivity index (χ1n) is 4.70. The molecular weight excluding hydrogens is 253 g/mol. The first-order valence-corrected chi connectivity index (χ1v) is 5.69. The lowest BCUT2D eigenvalue weighted by Gasteiger charge is -2.12. The Bertz CT molecular complexity index is 370. The second-order valence-electron chi connectivity index (χ2n) is 3.22. The van der Waals surface area contributed by atoms with Gasteiger partial charge in [0.05, 0.1) is 6.04 Å². The largest absolute Gasteiger partial charge is 0.441 e. The fourth-order valence-electron chi connectivity index (χ4n) is 1.02. The van der Waals surface area contributed by atoms with Crippen LogP contribution < -0.4 is 11.1 Å². The van der Waals surface area contributed by atoms with E-state index in [0.29, 0.717) is 5.69 Å². The summed E-state index contributed by atoms with van der Waals surface area (Å²) in [6, 6.07) is 7.22. The van der Waals surface area contributed by atoms with Gasteiger partial charge in [-0.2, -0.15) is 13.2 Å². The Morgan fingerprint density at radius 2 is 1.94 bits per heavy atom. The van der Waals surface area contributed by atoms with Gasteiger partial charge in [0.2, 0.25) is 5.91 Å². The lowest BCUT2D eigenvalue weighted by molar-refractivity contribution is -0.116. The number of nitrogens with one attached hydrogen (secondary N) is 1. The van der Waals surface area contributed by atoms with Crippen LogP contribution >= 0.6 is 11.8 Å². The zero-order chi connectivity index (χ0) is 12.9. The smallest absolute Gasteiger partial charge is 0.325 e. The molecule has 0 aliphatic rings. The molecular formula is C10H11F3N2OS. The Morgan fingerprint density at radius 1 is 1.35 bits per heavy atom. The fourth-order valence-corrected chi connectivity index (χ4v) is 1.54. The summed E-state index contributed by atoms with van der Waals surface area (Å²) in [6.07, 6.45) is 0. The summed E-state index contributed by atoms with van der Waals surface area (Å²) >= 11 is -0.305. The number of hydrogen-bond donors (Lipinski definition) is 2. The number of carbonyl (C=O) groups excluding carboxylic acids is 1. The van der Waals surface area contributed by atoms with Gasteiger partial charge >= 0.3 is 5.51 Å². The average Bonchev–Trinajstić information content (AvgIpc) is 2.26. The third-order valence-corrected chi connectivity index (χ3v) is 2.66. The summed E-state index contributed by atoms with van der Waals surface area (Å²) < 4.78 is 35.6. The van der Waals surface area contributed by atoms with E-state index in [4.69, 9.17) is 5.73 Å². The molecule has 0 aliphatic heterocycles. The van der Waals surface area contributed by atoms with E-state index >= 15 is 0 Å². The van der Waals surface area contributed by atoms with E-state index in [9.17, 15) is 18.0 Å². The molecule has 0 aliphatic carbocycles. The molecule has 3 nitrogen and oxygen atoms in total. The second kappa shape index (κ2) is 5.92. The number of para-hydroxylation sites is 1. The van der Waals surface area contributed by atoms with Crippen LogP contribution in [0.15, 0.2) is 30.3 Å². The Kier molecular flexibility index (Phi) is 4.83. The van der Waals surface area contributed by atoms with Gasteiger partial charge in [0.1, 0.15) is 0 Å². The molecule has 1 aromatic carbocycles. The molecule has 0 heterocycles. The first kappa shape index (κ1) is 13.9. The van der Waals surface area contributed by atoms with Crippen LogP contribution in [-0.2, 0) is 4.79 Å². The second-order valence-corrected chi connectivity index (χ2v) is 4.30. The van der Waals surface area contributed by atoms with E-state index in [-0.39, 0.29) is 11.8 Å². The highest BCUT2D eigenvalue weighted by Crippen LogP contribution is 2.30. The van der Waals surface area contributed by atoms with Crippen molar-refractivity contribution >= 4 is 23.4 Å². The molecule has 0 aromatic heterocycles. The van der Waals surface area contributed by atoms with Gasteiger partial charge in [-0.3, -0.25) is 4.79 Å². The van der Waals surface area contributed by atoms with Crippen molar-refractivity contribution in [2.75, 3.05) is 11.1 Å². The van der Waals surface area contributed by atoms with Gasteiger partial charge in [-0.1, -0.05) is 18.2 Å². The molecule has 0 saturated carbocycles. The monoisotopic (exact) mass is 264 g/mol. The Balaban J connectivity index is 2.43. The molecule has 0 radical (unpaired) electrons. The maximum absolute atomic E-state index is 11.9. The molecule has 1 atom stereocenters. The SMILES string of the molecule is N[C@H](CSC(F)(F)F)C(=O)Nc1ccccc1. The molecule has 0 spiro atoms. The summed E-state index contributed by atoms with van der Waals surface area (Å²) in [6.45, 7) is 0. The molecule has 17 heavy (non-hydrogen) atoms. The first-order chi connectivity index (χ1) is 7.88. The van der Waals surface area contributed by atoms with Gasteiger partial charge in [0.15, 0.2) is 0 Å². The van der Waals surface area contributed by atoms with Crippen molar-refractivity contribution in [3.05, 3.63) is 30.3 Å². The standard InChI is InChI=1S/C10H11F3N2OS/c11-10(12,13)17-6-8(14)9(16)15-7-4-2-1-3-5-7/h1-5,8H,6,14H2,(H,15,16)/t8-/m1/s1. The molecule has 0 bridgehead atoms. The number of nitrogens with two attached hydrogens (primary N) is 1. The van der Waals surface area contributed by atoms with E-state index in [2.05, 4.69) is 5.32 Å². The molecule has 1 amide bonds. The van der Waals surface area contributed by atoms with Gasteiger partial charge in [-0.05, 0) is 23.9 Å². The van der Waals surface area contributed by atoms with Crippen molar-refractivity contribution < 1.29 is 18.0 Å². The molecule has 0 fully saturated rings. The topological polar surface area (TPSA) is 55.1 Å². The number of hydrogen-bond acceptors (Lipinski definition) is 3. The third kappa shape index (κ3) is 5.60. The van der Waals surface area contributed by atoms with Crippen LogP contribution in [0.3, 0.4) is 0 Å². The zero-order valence-electron chi connectivity index (χ0n) is 8.70. The van der Waals surface area contributed by atoms with Gasteiger partial charge in [0.25, 0.3) is 0 Å². The van der Waals surface area contributed by atoms with Crippen molar-refractivity contribution in [2.45, 2.75) is 11.6 Å². The van der Waals surface area contributed by atoms with Crippen molar-refractivity contribution in [3.63, 3.8) is 0 Å². The van der Waals surface area contributed by atoms with E-state index < -0.39 is 23.2 Å². The van der Waals surface area contributed by atoms with E-state index in [0.717, 1.165) is 0 Å². The summed E-state index contributed by atoms with van der Waals surface area (Å²) in [5, 5.41) is 2.43. The molecule has 3 N–H and O–H groups in total. The van der Waals surface area contributed by atoms with Crippen molar-refractivity contribution in [2.24, 2.45) is 5.73 Å². The lowest BCUT2D eigenvalue weighted by atomic mass is 10.3. The van der Waals surface area contributed by atoms with E-state index in [1.807, 2.05) is 0 Å². The summed E-state index contributed by atoms with van der Waals surface area (Å²) in [5.74, 6) is -1.13. The summed E-state index contributed by atoms with van der Waals surface area (Å²) in [4.78, 5) is 11.4. The minimum atomic E-state index is -4.37. The van der Waals surface area contributed by atoms with Crippen molar-refractivity contribution in [1.82, 2.24) is 0 Å². The number of thioether (sulfide) groups is 1. The molecule has 0 unspecified atom stereocenters. The van der Waals surface area contributed by atoms with Crippen molar-refractivity contribution in [1.29, 1.82) is 0 Å². The van der Waals surface area contributed by atoms with Crippen LogP contribution in [-0.4, -0.2) is 23.2 Å². The predicted octanol–water partition coefficient (Wildman–Crippen LogP) is 2.21. The number of anilines is 1. The maximum Gasteiger partial charge on any atom is 0.441 e. The molecule has 1 rings (SSSR count). The Hall–Kier alpha value is -1.21. The van der Waals surface area contributed by atoms with E-state index in [1.165, 1.54) is 0 Å². The molecule has 0 saturated heterocycles. The predicted molar refractivity (Wildman–Crippen MR) is 61.6 cm³/mol. The molecule has 94 valence electrons. The van der Waals surface area contributed by atoms with Crippen LogP contribution in [0.25, 0.3) is 0 Å². The minimum Gasteiger partial charge on any atom is -0.325 e. The highest BCUT2D eigenvalue weighted by Gasteiger charge is 2.30. The van der Waals surface area contributed by atoms with Crippen LogP contribution in [0.1, 0.15) is 0 Å². The highest BCUT2D eigenvalue weighted by atomic mass is 32.2. The lowest BCUT2D eigenvalue weighted by Crippen LogP contribution is -2.38. The maximum atomic E-state index is 11.9. The Labute approximate surface area is 101 Å². The quantitative estimate of drug-likeness (QED) is 0.876. The van der Waals surface area contributed by atoms with Gasteiger partial charge in [-0.15, -0.1) is 0 Å². The average molecular weight is 264 g/mol. The van der Waals surface area contributed by atoms with Crippen LogP contribution in [0.5, 0.6) is 0 Å². The van der Waals surface area contributed by atoms with Crippen LogP contribution in [0.4, 0.5) is 18.9 Å². The number of halogens is 3. The highest BCUT2D eigenvalue weighted by molar-refractivity contribution is 8.00. The number of rotatable bonds is 4. The van der Waals surface area contributed by atoms with Crippen LogP contribution in [0, 0.1) is 0 Å². The zero-order valence-corrected chi connectivity index (χ0v) is 9.52. The van der Waals surface area contributed by atoms with Gasteiger partial charge < -0.3 is 11.1 Å². The number of amides is 1.